The Morgan fingerprint density at radius 3 is 2.47 bits per heavy atom. The topological polar surface area (TPSA) is 62.1 Å². The van der Waals surface area contributed by atoms with E-state index in [1.165, 1.54) is 0 Å². The second-order valence-electron chi connectivity index (χ2n) is 5.41. The molecule has 1 aliphatic heterocycles. The van der Waals surface area contributed by atoms with Gasteiger partial charge in [-0.15, -0.1) is 0 Å². The Bertz CT molecular complexity index is 503. The van der Waals surface area contributed by atoms with Crippen LogP contribution in [0.15, 0.2) is 24.5 Å². The van der Waals surface area contributed by atoms with Crippen LogP contribution in [0.4, 0.5) is 0 Å². The van der Waals surface area contributed by atoms with E-state index in [-0.39, 0.29) is 5.84 Å². The molecule has 0 spiro atoms. The third-order valence-corrected chi connectivity index (χ3v) is 4.74. The average Bonchev–Trinajstić information content (AvgIpc) is 2.60. The van der Waals surface area contributed by atoms with E-state index in [2.05, 4.69) is 4.98 Å². The molecule has 0 saturated carbocycles. The molecule has 0 saturated heterocycles. The summed E-state index contributed by atoms with van der Waals surface area (Å²) >= 11 is 0. The van der Waals surface area contributed by atoms with Gasteiger partial charge in [0.25, 0.3) is 0 Å². The number of pyridine rings is 1. The smallest absolute Gasteiger partial charge is 0.318 e. The first-order valence-electron chi connectivity index (χ1n) is 6.64. The largest absolute Gasteiger partial charge is 0.714 e. The van der Waals surface area contributed by atoms with Crippen LogP contribution < -0.4 is 0 Å². The number of aromatic nitrogens is 1. The number of amidine groups is 1. The first kappa shape index (κ1) is 13.8. The van der Waals surface area contributed by atoms with Crippen LogP contribution in [0, 0.1) is 5.21 Å². The number of rotatable bonds is 3. The van der Waals surface area contributed by atoms with Crippen LogP contribution >= 0.6 is 0 Å². The lowest BCUT2D eigenvalue weighted by molar-refractivity contribution is -0.546. The molecule has 1 aromatic rings. The van der Waals surface area contributed by atoms with Crippen molar-refractivity contribution in [2.24, 2.45) is 0 Å². The molecule has 0 amide bonds. The van der Waals surface area contributed by atoms with Gasteiger partial charge < -0.3 is 5.21 Å². The monoisotopic (exact) mass is 262 g/mol. The van der Waals surface area contributed by atoms with Crippen molar-refractivity contribution in [3.05, 3.63) is 35.3 Å². The second kappa shape index (κ2) is 4.49. The van der Waals surface area contributed by atoms with Crippen molar-refractivity contribution in [3.8, 4) is 0 Å². The zero-order valence-corrected chi connectivity index (χ0v) is 11.9. The maximum absolute atomic E-state index is 12.7. The Balaban J connectivity index is 2.62. The first-order valence-corrected chi connectivity index (χ1v) is 6.64. The van der Waals surface area contributed by atoms with Crippen LogP contribution in [0.3, 0.4) is 0 Å². The lowest BCUT2D eigenvalue weighted by Gasteiger charge is -2.37. The first-order chi connectivity index (χ1) is 8.92. The van der Waals surface area contributed by atoms with Crippen molar-refractivity contribution in [1.82, 2.24) is 10.0 Å². The van der Waals surface area contributed by atoms with E-state index >= 15 is 0 Å². The molecule has 1 aliphatic rings. The minimum Gasteiger partial charge on any atom is -0.714 e. The van der Waals surface area contributed by atoms with Gasteiger partial charge in [-0.25, -0.2) is 0 Å². The highest BCUT2D eigenvalue weighted by Gasteiger charge is 2.63. The zero-order valence-electron chi connectivity index (χ0n) is 11.9. The van der Waals surface area contributed by atoms with Gasteiger partial charge >= 0.3 is 5.84 Å². The fraction of sp³-hybridized carbons (Fsp3) is 0.571. The van der Waals surface area contributed by atoms with Gasteiger partial charge in [-0.1, -0.05) is 18.9 Å². The van der Waals surface area contributed by atoms with Crippen molar-refractivity contribution >= 4 is 5.84 Å². The Morgan fingerprint density at radius 1 is 1.37 bits per heavy atom. The summed E-state index contributed by atoms with van der Waals surface area (Å²) in [6.45, 7) is 7.60. The predicted molar refractivity (Wildman–Crippen MR) is 71.9 cm³/mol. The standard InChI is InChI=1S/C14H20N3O2/c1-5-13(3)14(4,6-2)17(19)12(16(13)18)11-8-7-9-15-10-11/h7-10H,5-6H2,1-4H3/t13-,14+. The highest BCUT2D eigenvalue weighted by atomic mass is 16.5. The normalized spacial score (nSPS) is 31.1. The third kappa shape index (κ3) is 1.64. The minimum atomic E-state index is -0.728. The third-order valence-electron chi connectivity index (χ3n) is 4.74. The van der Waals surface area contributed by atoms with Crippen molar-refractivity contribution in [2.75, 3.05) is 0 Å². The number of hydrogen-bond acceptors (Lipinski definition) is 3. The summed E-state index contributed by atoms with van der Waals surface area (Å²) in [5.74, 6) is 0.168. The average molecular weight is 262 g/mol. The summed E-state index contributed by atoms with van der Waals surface area (Å²) in [5.41, 5.74) is -0.882. The van der Waals surface area contributed by atoms with E-state index in [1.807, 2.05) is 27.7 Å². The Morgan fingerprint density at radius 2 is 2.05 bits per heavy atom. The Kier molecular flexibility index (Phi) is 3.26. The lowest BCUT2D eigenvalue weighted by Crippen LogP contribution is -2.56. The zero-order chi connectivity index (χ0) is 14.3. The van der Waals surface area contributed by atoms with E-state index in [0.717, 1.165) is 9.80 Å². The Labute approximate surface area is 113 Å². The molecule has 0 bridgehead atoms. The predicted octanol–water partition coefficient (Wildman–Crippen LogP) is 2.34. The van der Waals surface area contributed by atoms with E-state index in [1.54, 1.807) is 24.5 Å². The second-order valence-corrected chi connectivity index (χ2v) is 5.41. The van der Waals surface area contributed by atoms with E-state index < -0.39 is 11.1 Å². The van der Waals surface area contributed by atoms with Crippen molar-refractivity contribution in [3.63, 3.8) is 0 Å². The summed E-state index contributed by atoms with van der Waals surface area (Å²) in [4.78, 5) is 3.99. The quantitative estimate of drug-likeness (QED) is 0.620. The maximum Gasteiger partial charge on any atom is 0.318 e. The van der Waals surface area contributed by atoms with E-state index in [9.17, 15) is 10.4 Å². The fourth-order valence-corrected chi connectivity index (χ4v) is 2.77. The molecule has 0 aromatic carbocycles. The molecular weight excluding hydrogens is 242 g/mol. The van der Waals surface area contributed by atoms with Crippen LogP contribution in [-0.4, -0.2) is 31.7 Å². The number of hydroxylamine groups is 3. The van der Waals surface area contributed by atoms with Crippen LogP contribution in [0.1, 0.15) is 46.1 Å². The van der Waals surface area contributed by atoms with Crippen LogP contribution in [0.5, 0.6) is 0 Å². The SMILES string of the molecule is CC[C@@]1(C)N([O])C(c2cccnc2)=[N+]([O-])[C@@]1(C)CC. The Hall–Kier alpha value is -1.62. The molecule has 0 fully saturated rings. The van der Waals surface area contributed by atoms with Crippen molar-refractivity contribution < 1.29 is 9.95 Å². The molecule has 2 heterocycles. The van der Waals surface area contributed by atoms with Gasteiger partial charge in [-0.2, -0.15) is 0 Å². The maximum atomic E-state index is 12.7. The molecule has 1 radical (unpaired) electrons. The molecule has 5 nitrogen and oxygen atoms in total. The molecule has 103 valence electrons. The molecule has 1 aromatic heterocycles. The van der Waals surface area contributed by atoms with Gasteiger partial charge in [0.2, 0.25) is 0 Å². The molecule has 2 atom stereocenters. The minimum absolute atomic E-state index is 0.168. The van der Waals surface area contributed by atoms with Crippen molar-refractivity contribution in [2.45, 2.75) is 51.6 Å². The number of hydrogen-bond donors (Lipinski definition) is 0. The van der Waals surface area contributed by atoms with Gasteiger partial charge in [-0.3, -0.25) is 9.72 Å². The van der Waals surface area contributed by atoms with Gasteiger partial charge in [0.1, 0.15) is 0 Å². The molecule has 0 unspecified atom stereocenters. The van der Waals surface area contributed by atoms with Gasteiger partial charge in [-0.05, 0) is 38.8 Å². The van der Waals surface area contributed by atoms with E-state index in [0.29, 0.717) is 18.4 Å². The number of nitrogens with zero attached hydrogens (tertiary/aromatic N) is 3. The highest BCUT2D eigenvalue weighted by Crippen LogP contribution is 2.42. The lowest BCUT2D eigenvalue weighted by atomic mass is 9.77. The molecule has 5 heteroatoms. The summed E-state index contributed by atoms with van der Waals surface area (Å²) in [5, 5.41) is 26.2. The molecule has 0 N–H and O–H groups in total. The summed E-state index contributed by atoms with van der Waals surface area (Å²) in [7, 11) is 0. The van der Waals surface area contributed by atoms with Crippen LogP contribution in [0.2, 0.25) is 0 Å². The summed E-state index contributed by atoms with van der Waals surface area (Å²) in [6.07, 6.45) is 4.41. The fourth-order valence-electron chi connectivity index (χ4n) is 2.77. The van der Waals surface area contributed by atoms with Gasteiger partial charge in [0, 0.05) is 17.6 Å². The van der Waals surface area contributed by atoms with Gasteiger partial charge in [0.05, 0.1) is 5.56 Å². The molecule has 2 rings (SSSR count). The summed E-state index contributed by atoms with van der Waals surface area (Å²) in [6, 6.07) is 3.48. The molecule has 0 aliphatic carbocycles. The summed E-state index contributed by atoms with van der Waals surface area (Å²) < 4.78 is 0.876. The van der Waals surface area contributed by atoms with Gasteiger partial charge in [0.15, 0.2) is 11.1 Å². The molecule has 19 heavy (non-hydrogen) atoms. The highest BCUT2D eigenvalue weighted by molar-refractivity contribution is 5.95. The molecular formula is C14H20N3O2. The van der Waals surface area contributed by atoms with Crippen LogP contribution in [0.25, 0.3) is 0 Å². The van der Waals surface area contributed by atoms with Crippen molar-refractivity contribution in [1.29, 1.82) is 0 Å². The van der Waals surface area contributed by atoms with Crippen LogP contribution in [-0.2, 0) is 5.21 Å². The van der Waals surface area contributed by atoms with E-state index in [4.69, 9.17) is 0 Å².